The molecular weight excluding hydrogens is 594 g/mol. The van der Waals surface area contributed by atoms with E-state index in [-0.39, 0.29) is 36.7 Å². The van der Waals surface area contributed by atoms with Crippen molar-refractivity contribution in [2.24, 2.45) is 24.8 Å². The van der Waals surface area contributed by atoms with E-state index in [9.17, 15) is 14.7 Å². The number of amides is 2. The SMILES string of the molecule is CC(C)[C@H](C(=O)N1C[C@H](O)C[C@H]1C(=O)N[C@@H](C)c1ccc(-c2ccnn2C)cc1)c1cc(N2CCC(CC3CCNCC3)CC2)no1. The number of aromatic nitrogens is 3. The molecule has 0 saturated carbocycles. The third-order valence-corrected chi connectivity index (χ3v) is 10.6. The van der Waals surface area contributed by atoms with Crippen molar-refractivity contribution < 1.29 is 19.2 Å². The number of nitrogens with one attached hydrogen (secondary N) is 2. The van der Waals surface area contributed by atoms with Gasteiger partial charge in [0.25, 0.3) is 0 Å². The highest BCUT2D eigenvalue weighted by atomic mass is 16.5. The molecule has 2 aromatic heterocycles. The van der Waals surface area contributed by atoms with Gasteiger partial charge in [0.15, 0.2) is 11.6 Å². The van der Waals surface area contributed by atoms with Crippen LogP contribution >= 0.6 is 0 Å². The van der Waals surface area contributed by atoms with Crippen LogP contribution in [-0.2, 0) is 16.6 Å². The van der Waals surface area contributed by atoms with E-state index in [1.54, 1.807) is 6.20 Å². The summed E-state index contributed by atoms with van der Waals surface area (Å²) in [4.78, 5) is 31.5. The number of anilines is 1. The summed E-state index contributed by atoms with van der Waals surface area (Å²) >= 11 is 0. The van der Waals surface area contributed by atoms with Gasteiger partial charge >= 0.3 is 0 Å². The van der Waals surface area contributed by atoms with Gasteiger partial charge in [-0.05, 0) is 87.1 Å². The number of carbonyl (C=O) groups is 2. The minimum absolute atomic E-state index is 0.0858. The summed E-state index contributed by atoms with van der Waals surface area (Å²) in [5, 5.41) is 25.8. The molecule has 0 bridgehead atoms. The van der Waals surface area contributed by atoms with Crippen LogP contribution in [0.25, 0.3) is 11.3 Å². The van der Waals surface area contributed by atoms with Crippen LogP contribution in [0.15, 0.2) is 47.1 Å². The highest BCUT2D eigenvalue weighted by molar-refractivity contribution is 5.91. The van der Waals surface area contributed by atoms with Gasteiger partial charge in [-0.1, -0.05) is 43.3 Å². The van der Waals surface area contributed by atoms with E-state index >= 15 is 0 Å². The lowest BCUT2D eigenvalue weighted by Gasteiger charge is -2.34. The monoisotopic (exact) mass is 645 g/mol. The van der Waals surface area contributed by atoms with Crippen molar-refractivity contribution in [1.29, 1.82) is 0 Å². The fourth-order valence-electron chi connectivity index (χ4n) is 7.77. The number of likely N-dealkylation sites (tertiary alicyclic amines) is 1. The number of benzene rings is 1. The Bertz CT molecular complexity index is 1490. The topological polar surface area (TPSA) is 129 Å². The molecule has 3 N–H and O–H groups in total. The summed E-state index contributed by atoms with van der Waals surface area (Å²) < 4.78 is 7.66. The third-order valence-electron chi connectivity index (χ3n) is 10.6. The minimum atomic E-state index is -0.771. The van der Waals surface area contributed by atoms with Crippen LogP contribution in [0.3, 0.4) is 0 Å². The summed E-state index contributed by atoms with van der Waals surface area (Å²) in [5.74, 6) is 1.70. The highest BCUT2D eigenvalue weighted by Gasteiger charge is 2.43. The molecular formula is C36H51N7O4. The lowest BCUT2D eigenvalue weighted by atomic mass is 9.83. The highest BCUT2D eigenvalue weighted by Crippen LogP contribution is 2.35. The van der Waals surface area contributed by atoms with Crippen molar-refractivity contribution in [3.05, 3.63) is 53.9 Å². The Morgan fingerprint density at radius 2 is 1.74 bits per heavy atom. The van der Waals surface area contributed by atoms with Gasteiger partial charge in [-0.3, -0.25) is 14.3 Å². The molecule has 1 aromatic carbocycles. The molecule has 3 aromatic rings. The first kappa shape index (κ1) is 33.2. The van der Waals surface area contributed by atoms with Crippen LogP contribution in [-0.4, -0.2) is 81.6 Å². The summed E-state index contributed by atoms with van der Waals surface area (Å²) in [6.07, 6.45) is 7.37. The quantitative estimate of drug-likeness (QED) is 0.299. The first-order valence-corrected chi connectivity index (χ1v) is 17.5. The fourth-order valence-corrected chi connectivity index (χ4v) is 7.77. The van der Waals surface area contributed by atoms with Crippen LogP contribution in [0.4, 0.5) is 5.82 Å². The van der Waals surface area contributed by atoms with Gasteiger partial charge in [-0.2, -0.15) is 5.10 Å². The van der Waals surface area contributed by atoms with Gasteiger partial charge in [0.1, 0.15) is 12.0 Å². The van der Waals surface area contributed by atoms with Crippen LogP contribution in [0.1, 0.15) is 82.6 Å². The van der Waals surface area contributed by atoms with Gasteiger partial charge in [-0.15, -0.1) is 0 Å². The molecule has 2 amide bonds. The normalized spacial score (nSPS) is 22.5. The lowest BCUT2D eigenvalue weighted by molar-refractivity contribution is -0.141. The number of hydrogen-bond acceptors (Lipinski definition) is 8. The number of rotatable bonds is 10. The molecule has 6 rings (SSSR count). The fraction of sp³-hybridized carbons (Fsp3) is 0.611. The number of nitrogens with zero attached hydrogens (tertiary/aromatic N) is 5. The predicted molar refractivity (Wildman–Crippen MR) is 181 cm³/mol. The van der Waals surface area contributed by atoms with Crippen molar-refractivity contribution in [2.45, 2.75) is 83.4 Å². The van der Waals surface area contributed by atoms with Crippen LogP contribution in [0.2, 0.25) is 0 Å². The summed E-state index contributed by atoms with van der Waals surface area (Å²) in [6.45, 7) is 10.2. The van der Waals surface area contributed by atoms with Crippen molar-refractivity contribution in [2.75, 3.05) is 37.6 Å². The average molecular weight is 646 g/mol. The predicted octanol–water partition coefficient (Wildman–Crippen LogP) is 4.26. The van der Waals surface area contributed by atoms with Gasteiger partial charge < -0.3 is 30.1 Å². The molecule has 3 fully saturated rings. The smallest absolute Gasteiger partial charge is 0.243 e. The summed E-state index contributed by atoms with van der Waals surface area (Å²) in [6, 6.07) is 10.8. The van der Waals surface area contributed by atoms with E-state index in [0.717, 1.165) is 73.5 Å². The summed E-state index contributed by atoms with van der Waals surface area (Å²) in [5.41, 5.74) is 2.99. The number of carbonyl (C=O) groups excluding carboxylic acids is 2. The van der Waals surface area contributed by atoms with Gasteiger partial charge in [0.2, 0.25) is 11.8 Å². The molecule has 11 nitrogen and oxygen atoms in total. The Hall–Kier alpha value is -3.70. The zero-order valence-corrected chi connectivity index (χ0v) is 28.3. The molecule has 5 heterocycles. The number of β-amino-alcohol motifs (C(OH)–C–C–N with tert-alkyl or cyclic N) is 1. The van der Waals surface area contributed by atoms with E-state index < -0.39 is 18.1 Å². The van der Waals surface area contributed by atoms with E-state index in [0.29, 0.717) is 5.76 Å². The zero-order valence-electron chi connectivity index (χ0n) is 28.3. The van der Waals surface area contributed by atoms with E-state index in [4.69, 9.17) is 4.52 Å². The Morgan fingerprint density at radius 3 is 2.40 bits per heavy atom. The number of hydrogen-bond donors (Lipinski definition) is 3. The average Bonchev–Trinajstić information content (AvgIpc) is 3.82. The molecule has 3 aliphatic rings. The molecule has 3 aliphatic heterocycles. The van der Waals surface area contributed by atoms with Crippen molar-refractivity contribution in [1.82, 2.24) is 30.5 Å². The van der Waals surface area contributed by atoms with E-state index in [1.165, 1.54) is 24.2 Å². The molecule has 4 atom stereocenters. The molecule has 0 radical (unpaired) electrons. The molecule has 0 unspecified atom stereocenters. The first-order chi connectivity index (χ1) is 22.7. The molecule has 0 aliphatic carbocycles. The second-order valence-electron chi connectivity index (χ2n) is 14.3. The van der Waals surface area contributed by atoms with Crippen molar-refractivity contribution >= 4 is 17.6 Å². The van der Waals surface area contributed by atoms with Gasteiger partial charge in [0, 0.05) is 45.4 Å². The Kier molecular flexibility index (Phi) is 10.3. The Morgan fingerprint density at radius 1 is 1.04 bits per heavy atom. The molecule has 11 heteroatoms. The molecule has 3 saturated heterocycles. The van der Waals surface area contributed by atoms with Crippen molar-refractivity contribution in [3.63, 3.8) is 0 Å². The maximum atomic E-state index is 14.1. The minimum Gasteiger partial charge on any atom is -0.391 e. The second kappa shape index (κ2) is 14.6. The molecule has 47 heavy (non-hydrogen) atoms. The van der Waals surface area contributed by atoms with Crippen LogP contribution < -0.4 is 15.5 Å². The number of aryl methyl sites for hydroxylation is 1. The van der Waals surface area contributed by atoms with E-state index in [1.807, 2.05) is 68.9 Å². The zero-order chi connectivity index (χ0) is 33.1. The molecule has 254 valence electrons. The lowest BCUT2D eigenvalue weighted by Crippen LogP contribution is -2.48. The van der Waals surface area contributed by atoms with Gasteiger partial charge in [-0.25, -0.2) is 0 Å². The number of piperidine rings is 2. The maximum absolute atomic E-state index is 14.1. The Labute approximate surface area is 278 Å². The van der Waals surface area contributed by atoms with Crippen LogP contribution in [0, 0.1) is 17.8 Å². The largest absolute Gasteiger partial charge is 0.391 e. The van der Waals surface area contributed by atoms with Gasteiger partial charge in [0.05, 0.1) is 17.8 Å². The molecule has 0 spiro atoms. The van der Waals surface area contributed by atoms with Crippen LogP contribution in [0.5, 0.6) is 0 Å². The maximum Gasteiger partial charge on any atom is 0.243 e. The summed E-state index contributed by atoms with van der Waals surface area (Å²) in [7, 11) is 1.90. The standard InChI is InChI=1S/C36H51N7O4/c1-23(2)34(32-21-33(40-47-32)42-17-12-26(13-18-42)19-25-9-14-37-15-10-25)36(46)43-22-29(44)20-31(43)35(45)39-24(3)27-5-7-28(8-6-27)30-11-16-38-41(30)4/h5-8,11,16,21,23-26,29,31,34,37,44H,9-10,12-15,17-20,22H2,1-4H3,(H,39,45)/t24-,29+,31-,34-/m0/s1. The number of aliphatic hydroxyl groups excluding tert-OH is 1. The second-order valence-corrected chi connectivity index (χ2v) is 14.3. The Balaban J connectivity index is 1.08. The van der Waals surface area contributed by atoms with Crippen molar-refractivity contribution in [3.8, 4) is 11.3 Å². The van der Waals surface area contributed by atoms with E-state index in [2.05, 4.69) is 25.8 Å². The third kappa shape index (κ3) is 7.56. The first-order valence-electron chi connectivity index (χ1n) is 17.5. The number of aliphatic hydroxyl groups is 1.